The molecule has 164 valence electrons. The average Bonchev–Trinajstić information content (AvgIpc) is 3.48. The SMILES string of the molecule is CCC(C)N(Cc1c(-c2ccccc2)noc1N1CCC(C)CC1)C(=O)c1ccco1. The van der Waals surface area contributed by atoms with Crippen LogP contribution in [0.1, 0.15) is 56.2 Å². The summed E-state index contributed by atoms with van der Waals surface area (Å²) in [5, 5.41) is 4.46. The van der Waals surface area contributed by atoms with Gasteiger partial charge in [0.1, 0.15) is 5.69 Å². The van der Waals surface area contributed by atoms with Crippen molar-refractivity contribution in [2.45, 2.75) is 52.6 Å². The Morgan fingerprint density at radius 2 is 1.94 bits per heavy atom. The number of amides is 1. The van der Waals surface area contributed by atoms with Gasteiger partial charge in [0.15, 0.2) is 5.76 Å². The van der Waals surface area contributed by atoms with E-state index >= 15 is 0 Å². The van der Waals surface area contributed by atoms with E-state index in [9.17, 15) is 4.79 Å². The molecule has 1 aromatic carbocycles. The molecule has 1 fully saturated rings. The number of rotatable bonds is 7. The van der Waals surface area contributed by atoms with E-state index in [-0.39, 0.29) is 11.9 Å². The molecule has 0 saturated carbocycles. The predicted octanol–water partition coefficient (Wildman–Crippen LogP) is 5.61. The van der Waals surface area contributed by atoms with Crippen molar-refractivity contribution in [2.75, 3.05) is 18.0 Å². The molecule has 3 heterocycles. The molecule has 6 heteroatoms. The first kappa shape index (κ1) is 21.2. The lowest BCUT2D eigenvalue weighted by Gasteiger charge is -2.32. The van der Waals surface area contributed by atoms with Gasteiger partial charge in [-0.25, -0.2) is 0 Å². The summed E-state index contributed by atoms with van der Waals surface area (Å²) >= 11 is 0. The van der Waals surface area contributed by atoms with E-state index in [0.29, 0.717) is 18.2 Å². The summed E-state index contributed by atoms with van der Waals surface area (Å²) in [6.07, 6.45) is 4.63. The Morgan fingerprint density at radius 1 is 1.19 bits per heavy atom. The zero-order valence-electron chi connectivity index (χ0n) is 18.6. The lowest BCUT2D eigenvalue weighted by molar-refractivity contribution is 0.0639. The normalized spacial score (nSPS) is 15.8. The molecule has 0 N–H and O–H groups in total. The van der Waals surface area contributed by atoms with Gasteiger partial charge in [-0.1, -0.05) is 49.3 Å². The number of furan rings is 1. The van der Waals surface area contributed by atoms with Crippen LogP contribution in [-0.2, 0) is 6.54 Å². The molecule has 0 bridgehead atoms. The van der Waals surface area contributed by atoms with E-state index < -0.39 is 0 Å². The van der Waals surface area contributed by atoms with Gasteiger partial charge in [-0.15, -0.1) is 0 Å². The topological polar surface area (TPSA) is 62.7 Å². The highest BCUT2D eigenvalue weighted by molar-refractivity contribution is 5.91. The van der Waals surface area contributed by atoms with Crippen LogP contribution in [0.25, 0.3) is 11.3 Å². The summed E-state index contributed by atoms with van der Waals surface area (Å²) in [5.41, 5.74) is 2.75. The molecule has 2 aromatic heterocycles. The Morgan fingerprint density at radius 3 is 2.58 bits per heavy atom. The third-order valence-corrected chi connectivity index (χ3v) is 6.33. The predicted molar refractivity (Wildman–Crippen MR) is 121 cm³/mol. The van der Waals surface area contributed by atoms with Gasteiger partial charge in [0.25, 0.3) is 5.91 Å². The highest BCUT2D eigenvalue weighted by Gasteiger charge is 2.30. The van der Waals surface area contributed by atoms with Crippen LogP contribution in [0, 0.1) is 5.92 Å². The molecular weight excluding hydrogens is 390 g/mol. The van der Waals surface area contributed by atoms with Crippen LogP contribution >= 0.6 is 0 Å². The maximum absolute atomic E-state index is 13.3. The number of hydrogen-bond donors (Lipinski definition) is 0. The van der Waals surface area contributed by atoms with Crippen LogP contribution in [-0.4, -0.2) is 35.1 Å². The Labute approximate surface area is 183 Å². The molecular formula is C25H31N3O3. The molecule has 31 heavy (non-hydrogen) atoms. The molecule has 6 nitrogen and oxygen atoms in total. The van der Waals surface area contributed by atoms with Gasteiger partial charge < -0.3 is 18.7 Å². The lowest BCUT2D eigenvalue weighted by atomic mass is 9.98. The molecule has 1 unspecified atom stereocenters. The summed E-state index contributed by atoms with van der Waals surface area (Å²) in [6, 6.07) is 13.6. The maximum atomic E-state index is 13.3. The van der Waals surface area contributed by atoms with Crippen LogP contribution in [0.5, 0.6) is 0 Å². The minimum Gasteiger partial charge on any atom is -0.459 e. The first-order valence-electron chi connectivity index (χ1n) is 11.2. The molecule has 0 spiro atoms. The fourth-order valence-corrected chi connectivity index (χ4v) is 4.09. The van der Waals surface area contributed by atoms with Gasteiger partial charge in [0.2, 0.25) is 5.88 Å². The Bertz CT molecular complexity index is 973. The van der Waals surface area contributed by atoms with Gasteiger partial charge >= 0.3 is 0 Å². The highest BCUT2D eigenvalue weighted by Crippen LogP contribution is 2.35. The van der Waals surface area contributed by atoms with E-state index in [4.69, 9.17) is 8.94 Å². The lowest BCUT2D eigenvalue weighted by Crippen LogP contribution is -2.39. The van der Waals surface area contributed by atoms with E-state index in [2.05, 4.69) is 30.8 Å². The summed E-state index contributed by atoms with van der Waals surface area (Å²) in [7, 11) is 0. The minimum absolute atomic E-state index is 0.0466. The summed E-state index contributed by atoms with van der Waals surface area (Å²) in [5.74, 6) is 1.74. The molecule has 1 atom stereocenters. The van der Waals surface area contributed by atoms with Crippen LogP contribution in [0.15, 0.2) is 57.7 Å². The average molecular weight is 422 g/mol. The van der Waals surface area contributed by atoms with Crippen molar-refractivity contribution in [3.63, 3.8) is 0 Å². The van der Waals surface area contributed by atoms with Gasteiger partial charge in [-0.05, 0) is 44.2 Å². The van der Waals surface area contributed by atoms with Gasteiger partial charge in [0.05, 0.1) is 18.4 Å². The smallest absolute Gasteiger partial charge is 0.290 e. The van der Waals surface area contributed by atoms with Crippen LogP contribution in [0.4, 0.5) is 5.88 Å². The van der Waals surface area contributed by atoms with Gasteiger partial charge in [-0.2, -0.15) is 0 Å². The van der Waals surface area contributed by atoms with Gasteiger partial charge in [0, 0.05) is 24.7 Å². The second-order valence-corrected chi connectivity index (χ2v) is 8.52. The van der Waals surface area contributed by atoms with Crippen LogP contribution < -0.4 is 4.90 Å². The van der Waals surface area contributed by atoms with E-state index in [1.807, 2.05) is 35.2 Å². The fraction of sp³-hybridized carbons (Fsp3) is 0.440. The minimum atomic E-state index is -0.113. The summed E-state index contributed by atoms with van der Waals surface area (Å²) < 4.78 is 11.3. The van der Waals surface area contributed by atoms with Crippen molar-refractivity contribution in [1.82, 2.24) is 10.1 Å². The number of benzene rings is 1. The van der Waals surface area contributed by atoms with Crippen molar-refractivity contribution >= 4 is 11.8 Å². The number of carbonyl (C=O) groups is 1. The monoisotopic (exact) mass is 421 g/mol. The number of piperidine rings is 1. The first-order valence-corrected chi connectivity index (χ1v) is 11.2. The van der Waals surface area contributed by atoms with Crippen molar-refractivity contribution in [3.8, 4) is 11.3 Å². The maximum Gasteiger partial charge on any atom is 0.290 e. The van der Waals surface area contributed by atoms with Crippen LogP contribution in [0.3, 0.4) is 0 Å². The van der Waals surface area contributed by atoms with E-state index in [1.54, 1.807) is 12.1 Å². The van der Waals surface area contributed by atoms with Crippen molar-refractivity contribution in [3.05, 3.63) is 60.1 Å². The molecule has 0 radical (unpaired) electrons. The van der Waals surface area contributed by atoms with E-state index in [1.165, 1.54) is 6.26 Å². The van der Waals surface area contributed by atoms with E-state index in [0.717, 1.165) is 55.1 Å². The Kier molecular flexibility index (Phi) is 6.44. The highest BCUT2D eigenvalue weighted by atomic mass is 16.5. The molecule has 4 rings (SSSR count). The summed E-state index contributed by atoms with van der Waals surface area (Å²) in [6.45, 7) is 8.75. The molecule has 1 aliphatic rings. The molecule has 1 amide bonds. The second kappa shape index (κ2) is 9.41. The largest absolute Gasteiger partial charge is 0.459 e. The quantitative estimate of drug-likeness (QED) is 0.496. The first-order chi connectivity index (χ1) is 15.1. The number of nitrogens with zero attached hydrogens (tertiary/aromatic N) is 3. The molecule has 3 aromatic rings. The standard InChI is InChI=1S/C25H31N3O3/c1-4-19(3)28(24(29)22-11-8-16-30-22)17-21-23(20-9-6-5-7-10-20)26-31-25(21)27-14-12-18(2)13-15-27/h5-11,16,18-19H,4,12-15,17H2,1-3H3. The fourth-order valence-electron chi connectivity index (χ4n) is 4.09. The molecule has 1 saturated heterocycles. The third kappa shape index (κ3) is 4.53. The number of carbonyl (C=O) groups excluding carboxylic acids is 1. The zero-order chi connectivity index (χ0) is 21.8. The second-order valence-electron chi connectivity index (χ2n) is 8.52. The number of anilines is 1. The van der Waals surface area contributed by atoms with Crippen molar-refractivity contribution in [1.29, 1.82) is 0 Å². The zero-order valence-corrected chi connectivity index (χ0v) is 18.6. The number of hydrogen-bond acceptors (Lipinski definition) is 5. The van der Waals surface area contributed by atoms with Crippen molar-refractivity contribution in [2.24, 2.45) is 5.92 Å². The third-order valence-electron chi connectivity index (χ3n) is 6.33. The molecule has 1 aliphatic heterocycles. The van der Waals surface area contributed by atoms with Crippen molar-refractivity contribution < 1.29 is 13.7 Å². The summed E-state index contributed by atoms with van der Waals surface area (Å²) in [4.78, 5) is 17.4. The molecule has 0 aliphatic carbocycles. The number of aromatic nitrogens is 1. The Balaban J connectivity index is 1.73. The Hall–Kier alpha value is -3.02. The van der Waals surface area contributed by atoms with Crippen LogP contribution in [0.2, 0.25) is 0 Å². The van der Waals surface area contributed by atoms with Gasteiger partial charge in [-0.3, -0.25) is 4.79 Å².